The molecule has 0 bridgehead atoms. The van der Waals surface area contributed by atoms with E-state index in [2.05, 4.69) is 4.72 Å². The molecule has 84 valence electrons. The molecule has 7 heteroatoms. The van der Waals surface area contributed by atoms with Crippen LogP contribution in [-0.2, 0) is 19.9 Å². The van der Waals surface area contributed by atoms with E-state index in [1.165, 1.54) is 13.3 Å². The molecule has 0 spiro atoms. The molecule has 0 aromatic rings. The van der Waals surface area contributed by atoms with Crippen LogP contribution in [0.25, 0.3) is 0 Å². The van der Waals surface area contributed by atoms with Crippen molar-refractivity contribution >= 4 is 19.9 Å². The smallest absolute Gasteiger partial charge is 0.208 e. The van der Waals surface area contributed by atoms with E-state index < -0.39 is 19.9 Å². The van der Waals surface area contributed by atoms with E-state index in [1.807, 2.05) is 0 Å². The molecule has 0 aliphatic heterocycles. The summed E-state index contributed by atoms with van der Waals surface area (Å²) in [5.74, 6) is 0.243. The first-order valence-corrected chi connectivity index (χ1v) is 7.13. The number of sulfone groups is 1. The zero-order chi connectivity index (χ0) is 10.4. The number of nitrogens with one attached hydrogen (secondary N) is 1. The van der Waals surface area contributed by atoms with E-state index in [0.29, 0.717) is 0 Å². The summed E-state index contributed by atoms with van der Waals surface area (Å²) < 4.78 is 41.9. The van der Waals surface area contributed by atoms with Crippen LogP contribution in [0.4, 0.5) is 0 Å². The minimum Gasteiger partial charge on any atom is -0.229 e. The van der Waals surface area contributed by atoms with Crippen LogP contribution in [0.3, 0.4) is 0 Å². The van der Waals surface area contributed by atoms with E-state index in [1.54, 1.807) is 6.92 Å². The van der Waals surface area contributed by atoms with Crippen LogP contribution in [0.15, 0.2) is 0 Å². The highest BCUT2D eigenvalue weighted by molar-refractivity contribution is 7.90. The zero-order valence-corrected chi connectivity index (χ0v) is 9.29. The molecule has 0 saturated carbocycles. The van der Waals surface area contributed by atoms with Gasteiger partial charge in [0.15, 0.2) is 0 Å². The molecule has 0 aromatic carbocycles. The van der Waals surface area contributed by atoms with E-state index in [9.17, 15) is 16.8 Å². The summed E-state index contributed by atoms with van der Waals surface area (Å²) in [6, 6.07) is 0. The lowest BCUT2D eigenvalue weighted by Gasteiger charge is -1.85. The van der Waals surface area contributed by atoms with Crippen molar-refractivity contribution in [2.45, 2.75) is 14.4 Å². The standard InChI is InChI=1S/C3H8O2S.C2H7NO2S.CH4/c2*1-3-6(2,4)5;/h3H2,1-2H3;3H,1-2H3;1H4. The lowest BCUT2D eigenvalue weighted by molar-refractivity contribution is 0.594. The molecule has 0 saturated heterocycles. The normalized spacial score (nSPS) is 10.8. The fraction of sp³-hybridized carbons (Fsp3) is 1.00. The van der Waals surface area contributed by atoms with Gasteiger partial charge in [-0.2, -0.15) is 0 Å². The van der Waals surface area contributed by atoms with Crippen molar-refractivity contribution in [3.05, 3.63) is 0 Å². The Morgan fingerprint density at radius 1 is 1.08 bits per heavy atom. The van der Waals surface area contributed by atoms with Gasteiger partial charge in [0.2, 0.25) is 10.0 Å². The minimum atomic E-state index is -2.91. The summed E-state index contributed by atoms with van der Waals surface area (Å²) in [6.45, 7) is 1.62. The molecule has 0 aliphatic carbocycles. The molecule has 0 atom stereocenters. The average molecular weight is 233 g/mol. The van der Waals surface area contributed by atoms with Gasteiger partial charge in [-0.05, 0) is 7.05 Å². The van der Waals surface area contributed by atoms with Crippen molar-refractivity contribution in [2.75, 3.05) is 25.3 Å². The Kier molecular flexibility index (Phi) is 10.4. The van der Waals surface area contributed by atoms with Gasteiger partial charge in [0.05, 0.1) is 6.26 Å². The molecule has 0 radical (unpaired) electrons. The second-order valence-electron chi connectivity index (χ2n) is 2.19. The maximum Gasteiger partial charge on any atom is 0.208 e. The summed E-state index contributed by atoms with van der Waals surface area (Å²) >= 11 is 0. The Labute approximate surface area is 81.5 Å². The first-order valence-electron chi connectivity index (χ1n) is 3.18. The fourth-order valence-electron chi connectivity index (χ4n) is 0. The molecular formula is C6H19NO4S2. The average Bonchev–Trinajstić information content (AvgIpc) is 1.86. The molecule has 0 fully saturated rings. The van der Waals surface area contributed by atoms with Crippen LogP contribution < -0.4 is 4.72 Å². The highest BCUT2D eigenvalue weighted by Crippen LogP contribution is 1.75. The van der Waals surface area contributed by atoms with Gasteiger partial charge < -0.3 is 0 Å². The maximum absolute atomic E-state index is 10.0. The Morgan fingerprint density at radius 2 is 1.23 bits per heavy atom. The second kappa shape index (κ2) is 7.28. The summed E-state index contributed by atoms with van der Waals surface area (Å²) in [4.78, 5) is 0. The molecule has 0 rings (SSSR count). The topological polar surface area (TPSA) is 80.3 Å². The number of hydrogen-bond donors (Lipinski definition) is 1. The molecular weight excluding hydrogens is 214 g/mol. The number of sulfonamides is 1. The van der Waals surface area contributed by atoms with E-state index in [0.717, 1.165) is 6.26 Å². The third-order valence-corrected chi connectivity index (χ3v) is 2.69. The predicted octanol–water partition coefficient (Wildman–Crippen LogP) is -0.148. The van der Waals surface area contributed by atoms with E-state index in [-0.39, 0.29) is 13.2 Å². The maximum atomic E-state index is 10.0. The number of rotatable bonds is 2. The first kappa shape index (κ1) is 18.6. The quantitative estimate of drug-likeness (QED) is 0.719. The van der Waals surface area contributed by atoms with Gasteiger partial charge in [0, 0.05) is 12.0 Å². The first-order chi connectivity index (χ1) is 5.12. The largest absolute Gasteiger partial charge is 0.229 e. The Balaban J connectivity index is -0.000000143. The third kappa shape index (κ3) is 33.6. The molecule has 0 heterocycles. The van der Waals surface area contributed by atoms with Crippen molar-refractivity contribution in [1.29, 1.82) is 0 Å². The minimum absolute atomic E-state index is 0. The van der Waals surface area contributed by atoms with Crippen molar-refractivity contribution in [1.82, 2.24) is 4.72 Å². The number of hydrogen-bond acceptors (Lipinski definition) is 4. The molecule has 0 amide bonds. The van der Waals surface area contributed by atoms with E-state index >= 15 is 0 Å². The van der Waals surface area contributed by atoms with Crippen LogP contribution in [0.1, 0.15) is 14.4 Å². The van der Waals surface area contributed by atoms with Gasteiger partial charge in [-0.3, -0.25) is 0 Å². The lowest BCUT2D eigenvalue weighted by Crippen LogP contribution is -2.15. The van der Waals surface area contributed by atoms with Crippen molar-refractivity contribution in [3.63, 3.8) is 0 Å². The zero-order valence-electron chi connectivity index (χ0n) is 7.66. The van der Waals surface area contributed by atoms with Crippen molar-refractivity contribution in [3.8, 4) is 0 Å². The molecule has 1 N–H and O–H groups in total. The van der Waals surface area contributed by atoms with Gasteiger partial charge in [-0.25, -0.2) is 21.6 Å². The monoisotopic (exact) mass is 233 g/mol. The summed E-state index contributed by atoms with van der Waals surface area (Å²) in [5.41, 5.74) is 0. The highest BCUT2D eigenvalue weighted by Gasteiger charge is 1.90. The third-order valence-electron chi connectivity index (χ3n) is 0.895. The molecule has 0 aliphatic rings. The van der Waals surface area contributed by atoms with Crippen LogP contribution in [0, 0.1) is 0 Å². The molecule has 5 nitrogen and oxygen atoms in total. The fourth-order valence-corrected chi connectivity index (χ4v) is 0. The van der Waals surface area contributed by atoms with Crippen LogP contribution in [0.2, 0.25) is 0 Å². The van der Waals surface area contributed by atoms with Gasteiger partial charge >= 0.3 is 0 Å². The van der Waals surface area contributed by atoms with Crippen LogP contribution in [-0.4, -0.2) is 42.1 Å². The van der Waals surface area contributed by atoms with Gasteiger partial charge in [0.25, 0.3) is 0 Å². The molecule has 0 aromatic heterocycles. The summed E-state index contributed by atoms with van der Waals surface area (Å²) in [5, 5.41) is 0. The molecule has 13 heavy (non-hydrogen) atoms. The Bertz CT molecular complexity index is 259. The Hall–Kier alpha value is -0.140. The highest BCUT2D eigenvalue weighted by atomic mass is 32.2. The second-order valence-corrected chi connectivity index (χ2v) is 6.57. The van der Waals surface area contributed by atoms with E-state index in [4.69, 9.17) is 0 Å². The van der Waals surface area contributed by atoms with Crippen molar-refractivity contribution in [2.24, 2.45) is 0 Å². The lowest BCUT2D eigenvalue weighted by atomic mass is 11.0. The van der Waals surface area contributed by atoms with Gasteiger partial charge in [-0.15, -0.1) is 0 Å². The van der Waals surface area contributed by atoms with Gasteiger partial charge in [-0.1, -0.05) is 14.4 Å². The van der Waals surface area contributed by atoms with Crippen LogP contribution >= 0.6 is 0 Å². The van der Waals surface area contributed by atoms with Crippen LogP contribution in [0.5, 0.6) is 0 Å². The Morgan fingerprint density at radius 3 is 1.23 bits per heavy atom. The summed E-state index contributed by atoms with van der Waals surface area (Å²) in [7, 11) is -4.20. The van der Waals surface area contributed by atoms with Crippen molar-refractivity contribution < 1.29 is 16.8 Å². The summed E-state index contributed by atoms with van der Waals surface area (Å²) in [6.07, 6.45) is 2.32. The molecule has 0 unspecified atom stereocenters. The van der Waals surface area contributed by atoms with Gasteiger partial charge in [0.1, 0.15) is 9.84 Å². The predicted molar refractivity (Wildman–Crippen MR) is 56.0 cm³/mol. The SMILES string of the molecule is C.CCS(C)(=O)=O.CNS(C)(=O)=O.